The van der Waals surface area contributed by atoms with E-state index in [1.54, 1.807) is 12.1 Å². The number of nitrogens with zero attached hydrogens (tertiary/aromatic N) is 3. The van der Waals surface area contributed by atoms with E-state index in [1.807, 2.05) is 0 Å². The van der Waals surface area contributed by atoms with Gasteiger partial charge in [0.15, 0.2) is 11.5 Å². The number of aliphatic hydroxyl groups excluding tert-OH is 1. The van der Waals surface area contributed by atoms with Crippen LogP contribution >= 0.6 is 0 Å². The van der Waals surface area contributed by atoms with Gasteiger partial charge in [0.1, 0.15) is 0 Å². The number of hydrogen-bond donors (Lipinski definition) is 2. The van der Waals surface area contributed by atoms with Crippen LogP contribution in [0.15, 0.2) is 12.1 Å². The number of amides is 1. The fourth-order valence-electron chi connectivity index (χ4n) is 2.59. The predicted octanol–water partition coefficient (Wildman–Crippen LogP) is 0.707. The predicted molar refractivity (Wildman–Crippen MR) is 71.9 cm³/mol. The highest BCUT2D eigenvalue weighted by atomic mass is 16.3. The molecule has 1 aliphatic rings. The lowest BCUT2D eigenvalue weighted by molar-refractivity contribution is 0.0994. The zero-order chi connectivity index (χ0) is 13.7. The molecule has 1 fully saturated rings. The number of nitrogens with two attached hydrogens (primary N) is 1. The van der Waals surface area contributed by atoms with Crippen LogP contribution in [0.2, 0.25) is 0 Å². The Morgan fingerprint density at radius 3 is 2.58 bits per heavy atom. The molecule has 0 atom stereocenters. The fourth-order valence-corrected chi connectivity index (χ4v) is 2.59. The van der Waals surface area contributed by atoms with Gasteiger partial charge in [0, 0.05) is 12.6 Å². The fraction of sp³-hybridized carbons (Fsp3) is 0.615. The number of carbonyl (C=O) groups excluding carboxylic acids is 1. The highest BCUT2D eigenvalue weighted by Gasteiger charge is 2.22. The lowest BCUT2D eigenvalue weighted by Gasteiger charge is -2.34. The molecule has 3 N–H and O–H groups in total. The van der Waals surface area contributed by atoms with E-state index in [1.165, 1.54) is 19.3 Å². The van der Waals surface area contributed by atoms with E-state index >= 15 is 0 Å². The monoisotopic (exact) mass is 264 g/mol. The van der Waals surface area contributed by atoms with Crippen molar-refractivity contribution in [1.29, 1.82) is 0 Å². The third kappa shape index (κ3) is 3.41. The van der Waals surface area contributed by atoms with Gasteiger partial charge in [0.25, 0.3) is 5.91 Å². The largest absolute Gasteiger partial charge is 0.395 e. The van der Waals surface area contributed by atoms with E-state index in [0.29, 0.717) is 18.4 Å². The van der Waals surface area contributed by atoms with Gasteiger partial charge in [-0.15, -0.1) is 10.2 Å². The van der Waals surface area contributed by atoms with E-state index in [-0.39, 0.29) is 12.3 Å². The molecule has 0 saturated heterocycles. The van der Waals surface area contributed by atoms with Crippen LogP contribution < -0.4 is 10.6 Å². The quantitative estimate of drug-likeness (QED) is 0.817. The normalized spacial score (nSPS) is 16.3. The highest BCUT2D eigenvalue weighted by Crippen LogP contribution is 2.25. The molecule has 1 aromatic heterocycles. The summed E-state index contributed by atoms with van der Waals surface area (Å²) in [6, 6.07) is 3.73. The number of rotatable bonds is 5. The van der Waals surface area contributed by atoms with Crippen molar-refractivity contribution in [2.75, 3.05) is 18.1 Å². The van der Waals surface area contributed by atoms with Gasteiger partial charge in [-0.3, -0.25) is 4.79 Å². The zero-order valence-corrected chi connectivity index (χ0v) is 11.0. The molecule has 1 aromatic rings. The van der Waals surface area contributed by atoms with E-state index in [4.69, 9.17) is 5.73 Å². The molecular formula is C13H20N4O2. The Labute approximate surface area is 112 Å². The first-order valence-corrected chi connectivity index (χ1v) is 6.73. The minimum absolute atomic E-state index is 0.0791. The summed E-state index contributed by atoms with van der Waals surface area (Å²) in [5.41, 5.74) is 5.31. The van der Waals surface area contributed by atoms with Crippen LogP contribution in [0.4, 0.5) is 5.82 Å². The lowest BCUT2D eigenvalue weighted by Crippen LogP contribution is -2.39. The third-order valence-electron chi connectivity index (χ3n) is 3.55. The molecule has 1 aliphatic carbocycles. The first-order valence-electron chi connectivity index (χ1n) is 6.73. The van der Waals surface area contributed by atoms with Crippen LogP contribution in [0.25, 0.3) is 0 Å². The van der Waals surface area contributed by atoms with Gasteiger partial charge in [0.05, 0.1) is 6.61 Å². The summed E-state index contributed by atoms with van der Waals surface area (Å²) in [4.78, 5) is 13.1. The van der Waals surface area contributed by atoms with Crippen LogP contribution in [0.3, 0.4) is 0 Å². The Morgan fingerprint density at radius 2 is 2.05 bits per heavy atom. The van der Waals surface area contributed by atoms with Crippen molar-refractivity contribution in [2.45, 2.75) is 38.1 Å². The van der Waals surface area contributed by atoms with Gasteiger partial charge in [-0.2, -0.15) is 0 Å². The summed E-state index contributed by atoms with van der Waals surface area (Å²) in [5, 5.41) is 17.1. The van der Waals surface area contributed by atoms with E-state index < -0.39 is 5.91 Å². The van der Waals surface area contributed by atoms with Crippen LogP contribution in [-0.4, -0.2) is 40.4 Å². The summed E-state index contributed by atoms with van der Waals surface area (Å²) < 4.78 is 0. The molecule has 0 aromatic carbocycles. The molecule has 0 aliphatic heterocycles. The third-order valence-corrected chi connectivity index (χ3v) is 3.55. The first kappa shape index (κ1) is 13.7. The molecule has 0 unspecified atom stereocenters. The van der Waals surface area contributed by atoms with Crippen molar-refractivity contribution < 1.29 is 9.90 Å². The SMILES string of the molecule is NC(=O)c1ccc(N(CCO)C2CCCCC2)nn1. The van der Waals surface area contributed by atoms with E-state index in [9.17, 15) is 9.90 Å². The average molecular weight is 264 g/mol. The number of anilines is 1. The Hall–Kier alpha value is -1.69. The molecule has 1 saturated carbocycles. The number of aliphatic hydroxyl groups is 1. The average Bonchev–Trinajstić information content (AvgIpc) is 2.46. The number of primary amides is 1. The van der Waals surface area contributed by atoms with Crippen molar-refractivity contribution in [3.63, 3.8) is 0 Å². The minimum atomic E-state index is -0.578. The Bertz CT molecular complexity index is 415. The molecule has 19 heavy (non-hydrogen) atoms. The van der Waals surface area contributed by atoms with Gasteiger partial charge in [-0.05, 0) is 25.0 Å². The Balaban J connectivity index is 2.15. The van der Waals surface area contributed by atoms with Crippen molar-refractivity contribution in [3.8, 4) is 0 Å². The van der Waals surface area contributed by atoms with Gasteiger partial charge in [0.2, 0.25) is 0 Å². The van der Waals surface area contributed by atoms with Crippen molar-refractivity contribution in [3.05, 3.63) is 17.8 Å². The molecule has 6 nitrogen and oxygen atoms in total. The van der Waals surface area contributed by atoms with Gasteiger partial charge in [-0.1, -0.05) is 19.3 Å². The van der Waals surface area contributed by atoms with Crippen molar-refractivity contribution in [1.82, 2.24) is 10.2 Å². The van der Waals surface area contributed by atoms with Gasteiger partial charge in [-0.25, -0.2) is 0 Å². The number of aromatic nitrogens is 2. The molecule has 2 rings (SSSR count). The summed E-state index contributed by atoms with van der Waals surface area (Å²) >= 11 is 0. The second kappa shape index (κ2) is 6.47. The molecule has 1 heterocycles. The van der Waals surface area contributed by atoms with E-state index in [0.717, 1.165) is 12.8 Å². The second-order valence-corrected chi connectivity index (χ2v) is 4.85. The summed E-state index contributed by atoms with van der Waals surface area (Å²) in [7, 11) is 0. The van der Waals surface area contributed by atoms with Crippen LogP contribution in [0, 0.1) is 0 Å². The molecular weight excluding hydrogens is 244 g/mol. The standard InChI is InChI=1S/C13H20N4O2/c14-13(19)11-6-7-12(16-15-11)17(8-9-18)10-4-2-1-3-5-10/h6-7,10,18H,1-5,8-9H2,(H2,14,19). The van der Waals surface area contributed by atoms with E-state index in [2.05, 4.69) is 15.1 Å². The highest BCUT2D eigenvalue weighted by molar-refractivity contribution is 5.90. The molecule has 0 radical (unpaired) electrons. The molecule has 104 valence electrons. The summed E-state index contributed by atoms with van der Waals surface area (Å²) in [6.45, 7) is 0.616. The maximum atomic E-state index is 11.0. The van der Waals surface area contributed by atoms with Crippen molar-refractivity contribution >= 4 is 11.7 Å². The Morgan fingerprint density at radius 1 is 1.32 bits per heavy atom. The first-order chi connectivity index (χ1) is 9.22. The molecule has 6 heteroatoms. The zero-order valence-electron chi connectivity index (χ0n) is 11.0. The summed E-state index contributed by atoms with van der Waals surface area (Å²) in [5.74, 6) is 0.122. The minimum Gasteiger partial charge on any atom is -0.395 e. The smallest absolute Gasteiger partial charge is 0.269 e. The topological polar surface area (TPSA) is 92.3 Å². The van der Waals surface area contributed by atoms with Crippen LogP contribution in [0.1, 0.15) is 42.6 Å². The molecule has 0 spiro atoms. The number of hydrogen-bond acceptors (Lipinski definition) is 5. The van der Waals surface area contributed by atoms with Gasteiger partial charge >= 0.3 is 0 Å². The second-order valence-electron chi connectivity index (χ2n) is 4.85. The maximum Gasteiger partial charge on any atom is 0.269 e. The molecule has 1 amide bonds. The van der Waals surface area contributed by atoms with Crippen LogP contribution in [0.5, 0.6) is 0 Å². The van der Waals surface area contributed by atoms with Crippen LogP contribution in [-0.2, 0) is 0 Å². The number of carbonyl (C=O) groups is 1. The Kier molecular flexibility index (Phi) is 4.68. The molecule has 0 bridgehead atoms. The lowest BCUT2D eigenvalue weighted by atomic mass is 9.94. The summed E-state index contributed by atoms with van der Waals surface area (Å²) in [6.07, 6.45) is 5.91. The van der Waals surface area contributed by atoms with Crippen molar-refractivity contribution in [2.24, 2.45) is 5.73 Å². The van der Waals surface area contributed by atoms with Gasteiger partial charge < -0.3 is 15.7 Å². The maximum absolute atomic E-state index is 11.0.